The first-order valence-electron chi connectivity index (χ1n) is 7.09. The van der Waals surface area contributed by atoms with Gasteiger partial charge in [-0.2, -0.15) is 5.10 Å². The molecule has 0 saturated heterocycles. The van der Waals surface area contributed by atoms with Crippen molar-refractivity contribution in [1.82, 2.24) is 9.78 Å². The first-order valence-corrected chi connectivity index (χ1v) is 7.84. The average molecular weight is 362 g/mol. The van der Waals surface area contributed by atoms with Crippen LogP contribution in [0.4, 0.5) is 5.69 Å². The molecule has 122 valence electrons. The Morgan fingerprint density at radius 3 is 2.62 bits per heavy atom. The van der Waals surface area contributed by atoms with E-state index in [1.165, 1.54) is 4.68 Å². The minimum absolute atomic E-state index is 0.187. The van der Waals surface area contributed by atoms with Crippen molar-refractivity contribution in [2.45, 2.75) is 6.73 Å². The lowest BCUT2D eigenvalue weighted by Gasteiger charge is -2.06. The lowest BCUT2D eigenvalue weighted by Crippen LogP contribution is -2.14. The average Bonchev–Trinajstić information content (AvgIpc) is 3.03. The molecule has 0 aliphatic rings. The highest BCUT2D eigenvalue weighted by molar-refractivity contribution is 6.31. The lowest BCUT2D eigenvalue weighted by atomic mass is 10.3. The quantitative estimate of drug-likeness (QED) is 0.728. The summed E-state index contributed by atoms with van der Waals surface area (Å²) in [6.07, 6.45) is 1.67. The number of hydrogen-bond acceptors (Lipinski definition) is 3. The number of carbonyl (C=O) groups is 1. The predicted molar refractivity (Wildman–Crippen MR) is 93.7 cm³/mol. The molecule has 7 heteroatoms. The number of hydrogen-bond donors (Lipinski definition) is 1. The zero-order valence-corrected chi connectivity index (χ0v) is 14.0. The van der Waals surface area contributed by atoms with Crippen LogP contribution in [0.25, 0.3) is 0 Å². The summed E-state index contributed by atoms with van der Waals surface area (Å²) >= 11 is 11.7. The van der Waals surface area contributed by atoms with Gasteiger partial charge in [0.25, 0.3) is 5.91 Å². The third-order valence-electron chi connectivity index (χ3n) is 3.13. The Bertz CT molecular complexity index is 847. The maximum Gasteiger partial charge on any atom is 0.276 e. The second kappa shape index (κ2) is 7.38. The van der Waals surface area contributed by atoms with Crippen molar-refractivity contribution in [2.75, 3.05) is 5.32 Å². The molecular formula is C17H13Cl2N3O2. The zero-order chi connectivity index (χ0) is 16.9. The van der Waals surface area contributed by atoms with Gasteiger partial charge in [-0.3, -0.25) is 4.79 Å². The van der Waals surface area contributed by atoms with E-state index in [1.807, 2.05) is 0 Å². The van der Waals surface area contributed by atoms with E-state index in [0.717, 1.165) is 0 Å². The SMILES string of the molecule is O=C(Nc1cccc(Cl)c1)c1ccn(COc2ccc(Cl)cc2)n1. The monoisotopic (exact) mass is 361 g/mol. The summed E-state index contributed by atoms with van der Waals surface area (Å²) in [5, 5.41) is 8.11. The van der Waals surface area contributed by atoms with Crippen molar-refractivity contribution < 1.29 is 9.53 Å². The van der Waals surface area contributed by atoms with Gasteiger partial charge in [-0.25, -0.2) is 4.68 Å². The highest BCUT2D eigenvalue weighted by Gasteiger charge is 2.10. The van der Waals surface area contributed by atoms with E-state index >= 15 is 0 Å². The van der Waals surface area contributed by atoms with Crippen LogP contribution in [0.5, 0.6) is 5.75 Å². The summed E-state index contributed by atoms with van der Waals surface area (Å²) < 4.78 is 7.10. The Balaban J connectivity index is 1.60. The molecule has 3 rings (SSSR count). The van der Waals surface area contributed by atoms with Gasteiger partial charge in [-0.15, -0.1) is 0 Å². The number of rotatable bonds is 5. The van der Waals surface area contributed by atoms with Crippen LogP contribution in [0.3, 0.4) is 0 Å². The van der Waals surface area contributed by atoms with Gasteiger partial charge in [0, 0.05) is 21.9 Å². The van der Waals surface area contributed by atoms with Crippen molar-refractivity contribution in [3.63, 3.8) is 0 Å². The molecule has 1 amide bonds. The molecule has 5 nitrogen and oxygen atoms in total. The van der Waals surface area contributed by atoms with Crippen LogP contribution in [-0.2, 0) is 6.73 Å². The maximum atomic E-state index is 12.2. The fourth-order valence-corrected chi connectivity index (χ4v) is 2.30. The van der Waals surface area contributed by atoms with Crippen LogP contribution in [0.1, 0.15) is 10.5 Å². The van der Waals surface area contributed by atoms with E-state index in [0.29, 0.717) is 21.5 Å². The Morgan fingerprint density at radius 1 is 1.08 bits per heavy atom. The molecule has 1 aromatic heterocycles. The van der Waals surface area contributed by atoms with Crippen LogP contribution in [0.2, 0.25) is 10.0 Å². The molecule has 0 fully saturated rings. The van der Waals surface area contributed by atoms with Gasteiger partial charge >= 0.3 is 0 Å². The van der Waals surface area contributed by atoms with Crippen molar-refractivity contribution >= 4 is 34.8 Å². The highest BCUT2D eigenvalue weighted by atomic mass is 35.5. The summed E-state index contributed by atoms with van der Waals surface area (Å²) in [5.74, 6) is 0.349. The van der Waals surface area contributed by atoms with Crippen molar-refractivity contribution in [1.29, 1.82) is 0 Å². The summed E-state index contributed by atoms with van der Waals surface area (Å²) in [6.45, 7) is 0.187. The molecular weight excluding hydrogens is 349 g/mol. The van der Waals surface area contributed by atoms with Crippen LogP contribution in [-0.4, -0.2) is 15.7 Å². The van der Waals surface area contributed by atoms with Crippen molar-refractivity contribution in [2.24, 2.45) is 0 Å². The predicted octanol–water partition coefficient (Wildman–Crippen LogP) is 4.48. The zero-order valence-electron chi connectivity index (χ0n) is 12.4. The van der Waals surface area contributed by atoms with Crippen molar-refractivity contribution in [3.8, 4) is 5.75 Å². The number of carbonyl (C=O) groups excluding carboxylic acids is 1. The second-order valence-corrected chi connectivity index (χ2v) is 5.81. The molecule has 2 aromatic carbocycles. The van der Waals surface area contributed by atoms with Gasteiger partial charge in [0.1, 0.15) is 5.75 Å². The number of aromatic nitrogens is 2. The van der Waals surface area contributed by atoms with Gasteiger partial charge in [0.05, 0.1) is 0 Å². The second-order valence-electron chi connectivity index (χ2n) is 4.93. The van der Waals surface area contributed by atoms with Crippen molar-refractivity contribution in [3.05, 3.63) is 76.5 Å². The third kappa shape index (κ3) is 4.28. The molecule has 24 heavy (non-hydrogen) atoms. The Morgan fingerprint density at radius 2 is 1.88 bits per heavy atom. The van der Waals surface area contributed by atoms with E-state index in [-0.39, 0.29) is 18.3 Å². The number of benzene rings is 2. The standard InChI is InChI=1S/C17H13Cl2N3O2/c18-12-4-6-15(7-5-12)24-11-22-9-8-16(21-22)17(23)20-14-3-1-2-13(19)10-14/h1-10H,11H2,(H,20,23). The largest absolute Gasteiger partial charge is 0.471 e. The van der Waals surface area contributed by atoms with Gasteiger partial charge in [-0.1, -0.05) is 29.3 Å². The lowest BCUT2D eigenvalue weighted by molar-refractivity contribution is 0.102. The molecule has 0 aliphatic carbocycles. The van der Waals surface area contributed by atoms with Gasteiger partial charge in [-0.05, 0) is 48.5 Å². The van der Waals surface area contributed by atoms with E-state index in [2.05, 4.69) is 10.4 Å². The molecule has 1 heterocycles. The summed E-state index contributed by atoms with van der Waals surface area (Å²) in [6, 6.07) is 15.5. The number of anilines is 1. The topological polar surface area (TPSA) is 56.2 Å². The molecule has 0 bridgehead atoms. The van der Waals surface area contributed by atoms with Crippen LogP contribution in [0.15, 0.2) is 60.8 Å². The van der Waals surface area contributed by atoms with Crippen LogP contribution in [0, 0.1) is 0 Å². The fraction of sp³-hybridized carbons (Fsp3) is 0.0588. The number of nitrogens with one attached hydrogen (secondary N) is 1. The van der Waals surface area contributed by atoms with Crippen LogP contribution < -0.4 is 10.1 Å². The first-order chi connectivity index (χ1) is 11.6. The first kappa shape index (κ1) is 16.4. The molecule has 0 unspecified atom stereocenters. The van der Waals surface area contributed by atoms with E-state index in [9.17, 15) is 4.79 Å². The van der Waals surface area contributed by atoms with Gasteiger partial charge in [0.15, 0.2) is 12.4 Å². The Hall–Kier alpha value is -2.50. The summed E-state index contributed by atoms with van der Waals surface area (Å²) in [5.41, 5.74) is 0.897. The molecule has 1 N–H and O–H groups in total. The smallest absolute Gasteiger partial charge is 0.276 e. The fourth-order valence-electron chi connectivity index (χ4n) is 1.99. The maximum absolute atomic E-state index is 12.2. The minimum Gasteiger partial charge on any atom is -0.471 e. The number of amides is 1. The third-order valence-corrected chi connectivity index (χ3v) is 3.62. The van der Waals surface area contributed by atoms with Crippen LogP contribution >= 0.6 is 23.2 Å². The van der Waals surface area contributed by atoms with Gasteiger partial charge < -0.3 is 10.1 Å². The van der Waals surface area contributed by atoms with E-state index < -0.39 is 0 Å². The van der Waals surface area contributed by atoms with E-state index in [4.69, 9.17) is 27.9 Å². The van der Waals surface area contributed by atoms with E-state index in [1.54, 1.807) is 60.8 Å². The summed E-state index contributed by atoms with van der Waals surface area (Å²) in [7, 11) is 0. The number of ether oxygens (including phenoxy) is 1. The Kier molecular flexibility index (Phi) is 5.03. The van der Waals surface area contributed by atoms with Gasteiger partial charge in [0.2, 0.25) is 0 Å². The Labute approximate surface area is 148 Å². The molecule has 0 spiro atoms. The molecule has 0 radical (unpaired) electrons. The molecule has 3 aromatic rings. The summed E-state index contributed by atoms with van der Waals surface area (Å²) in [4.78, 5) is 12.2. The molecule has 0 aliphatic heterocycles. The molecule has 0 atom stereocenters. The number of nitrogens with zero attached hydrogens (tertiary/aromatic N) is 2. The molecule has 0 saturated carbocycles. The minimum atomic E-state index is -0.317. The highest BCUT2D eigenvalue weighted by Crippen LogP contribution is 2.17. The normalized spacial score (nSPS) is 10.4. The number of halogens is 2.